The minimum absolute atomic E-state index is 0.0667. The summed E-state index contributed by atoms with van der Waals surface area (Å²) in [7, 11) is 1.64. The molecule has 132 valence electrons. The standard InChI is InChI=1S/C19H22ClN3O2/c1-12-3-5-14(21)10-16(12)19(24)22-15-7-8-23(11-15)17-9-13(20)4-6-18(17)25-2/h3-6,9-10,15H,7-8,11,21H2,1-2H3,(H,22,24). The predicted molar refractivity (Wildman–Crippen MR) is 102 cm³/mol. The fourth-order valence-electron chi connectivity index (χ4n) is 3.15. The second kappa shape index (κ2) is 7.23. The van der Waals surface area contributed by atoms with Crippen LogP contribution in [0.2, 0.25) is 5.02 Å². The van der Waals surface area contributed by atoms with Gasteiger partial charge in [0.05, 0.1) is 12.8 Å². The van der Waals surface area contributed by atoms with Crippen molar-refractivity contribution in [2.45, 2.75) is 19.4 Å². The molecule has 1 unspecified atom stereocenters. The zero-order chi connectivity index (χ0) is 18.0. The molecular formula is C19H22ClN3O2. The number of nitrogens with one attached hydrogen (secondary N) is 1. The Balaban J connectivity index is 1.70. The van der Waals surface area contributed by atoms with Gasteiger partial charge in [0.15, 0.2) is 0 Å². The summed E-state index contributed by atoms with van der Waals surface area (Å²) < 4.78 is 5.43. The maximum atomic E-state index is 12.6. The monoisotopic (exact) mass is 359 g/mol. The van der Waals surface area contributed by atoms with Crippen LogP contribution in [-0.4, -0.2) is 32.1 Å². The minimum atomic E-state index is -0.0882. The lowest BCUT2D eigenvalue weighted by Crippen LogP contribution is -2.37. The molecule has 0 radical (unpaired) electrons. The molecule has 0 aliphatic carbocycles. The number of halogens is 1. The Labute approximate surface area is 152 Å². The number of ether oxygens (including phenoxy) is 1. The fraction of sp³-hybridized carbons (Fsp3) is 0.316. The van der Waals surface area contributed by atoms with Crippen molar-refractivity contribution in [1.29, 1.82) is 0 Å². The van der Waals surface area contributed by atoms with Crippen molar-refractivity contribution in [3.8, 4) is 5.75 Å². The van der Waals surface area contributed by atoms with Gasteiger partial charge in [0.25, 0.3) is 5.91 Å². The van der Waals surface area contributed by atoms with E-state index in [-0.39, 0.29) is 11.9 Å². The molecule has 25 heavy (non-hydrogen) atoms. The number of nitrogens with two attached hydrogens (primary N) is 1. The highest BCUT2D eigenvalue weighted by Gasteiger charge is 2.26. The average molecular weight is 360 g/mol. The molecule has 2 aromatic rings. The van der Waals surface area contributed by atoms with Crippen molar-refractivity contribution in [1.82, 2.24) is 5.32 Å². The molecule has 0 aromatic heterocycles. The minimum Gasteiger partial charge on any atom is -0.495 e. The zero-order valence-electron chi connectivity index (χ0n) is 14.4. The number of hydrogen-bond donors (Lipinski definition) is 2. The van der Waals surface area contributed by atoms with Gasteiger partial charge in [0.1, 0.15) is 5.75 Å². The van der Waals surface area contributed by atoms with E-state index in [9.17, 15) is 4.79 Å². The second-order valence-electron chi connectivity index (χ2n) is 6.30. The molecule has 1 aliphatic heterocycles. The molecule has 1 saturated heterocycles. The first-order chi connectivity index (χ1) is 12.0. The third-order valence-corrected chi connectivity index (χ3v) is 4.75. The van der Waals surface area contributed by atoms with Crippen molar-refractivity contribution < 1.29 is 9.53 Å². The van der Waals surface area contributed by atoms with Crippen LogP contribution in [0.25, 0.3) is 0 Å². The third-order valence-electron chi connectivity index (χ3n) is 4.51. The van der Waals surface area contributed by atoms with Crippen LogP contribution >= 0.6 is 11.6 Å². The third kappa shape index (κ3) is 3.82. The van der Waals surface area contributed by atoms with E-state index >= 15 is 0 Å². The highest BCUT2D eigenvalue weighted by Crippen LogP contribution is 2.33. The van der Waals surface area contributed by atoms with Crippen LogP contribution in [0.4, 0.5) is 11.4 Å². The summed E-state index contributed by atoms with van der Waals surface area (Å²) >= 11 is 6.12. The van der Waals surface area contributed by atoms with Crippen molar-refractivity contribution in [2.24, 2.45) is 0 Å². The lowest BCUT2D eigenvalue weighted by Gasteiger charge is -2.22. The number of hydrogen-bond acceptors (Lipinski definition) is 4. The first kappa shape index (κ1) is 17.4. The molecule has 3 N–H and O–H groups in total. The van der Waals surface area contributed by atoms with Crippen LogP contribution in [-0.2, 0) is 0 Å². The summed E-state index contributed by atoms with van der Waals surface area (Å²) in [5.74, 6) is 0.692. The Morgan fingerprint density at radius 1 is 1.32 bits per heavy atom. The van der Waals surface area contributed by atoms with Crippen molar-refractivity contribution >= 4 is 28.9 Å². The highest BCUT2D eigenvalue weighted by molar-refractivity contribution is 6.30. The van der Waals surface area contributed by atoms with Gasteiger partial charge >= 0.3 is 0 Å². The SMILES string of the molecule is COc1ccc(Cl)cc1N1CCC(NC(=O)c2cc(N)ccc2C)C1. The smallest absolute Gasteiger partial charge is 0.251 e. The van der Waals surface area contributed by atoms with Gasteiger partial charge in [-0.15, -0.1) is 0 Å². The summed E-state index contributed by atoms with van der Waals surface area (Å²) in [6.07, 6.45) is 0.864. The van der Waals surface area contributed by atoms with Crippen LogP contribution in [0.3, 0.4) is 0 Å². The first-order valence-corrected chi connectivity index (χ1v) is 8.61. The van der Waals surface area contributed by atoms with Gasteiger partial charge in [0, 0.05) is 35.4 Å². The number of anilines is 2. The lowest BCUT2D eigenvalue weighted by atomic mass is 10.1. The second-order valence-corrected chi connectivity index (χ2v) is 6.73. The number of benzene rings is 2. The summed E-state index contributed by atoms with van der Waals surface area (Å²) in [6.45, 7) is 3.45. The Bertz CT molecular complexity index is 794. The molecule has 1 aliphatic rings. The van der Waals surface area contributed by atoms with Gasteiger partial charge in [0.2, 0.25) is 0 Å². The van der Waals surface area contributed by atoms with E-state index in [1.807, 2.05) is 31.2 Å². The first-order valence-electron chi connectivity index (χ1n) is 8.23. The molecular weight excluding hydrogens is 338 g/mol. The van der Waals surface area contributed by atoms with Gasteiger partial charge < -0.3 is 20.7 Å². The molecule has 1 atom stereocenters. The molecule has 0 spiro atoms. The topological polar surface area (TPSA) is 67.6 Å². The number of nitrogens with zero attached hydrogens (tertiary/aromatic N) is 1. The van der Waals surface area contributed by atoms with E-state index in [2.05, 4.69) is 10.2 Å². The van der Waals surface area contributed by atoms with Crippen molar-refractivity contribution in [3.05, 3.63) is 52.5 Å². The number of methoxy groups -OCH3 is 1. The number of rotatable bonds is 4. The van der Waals surface area contributed by atoms with E-state index in [0.717, 1.165) is 30.0 Å². The van der Waals surface area contributed by atoms with E-state index in [0.29, 0.717) is 22.8 Å². The summed E-state index contributed by atoms with van der Waals surface area (Å²) in [5, 5.41) is 3.77. The van der Waals surface area contributed by atoms with Crippen molar-refractivity contribution in [2.75, 3.05) is 30.8 Å². The molecule has 6 heteroatoms. The van der Waals surface area contributed by atoms with E-state index < -0.39 is 0 Å². The van der Waals surface area contributed by atoms with Gasteiger partial charge in [-0.1, -0.05) is 17.7 Å². The Kier molecular flexibility index (Phi) is 5.04. The van der Waals surface area contributed by atoms with Crippen LogP contribution < -0.4 is 20.7 Å². The number of aryl methyl sites for hydroxylation is 1. The molecule has 1 fully saturated rings. The molecule has 0 saturated carbocycles. The van der Waals surface area contributed by atoms with Gasteiger partial charge in [-0.2, -0.15) is 0 Å². The van der Waals surface area contributed by atoms with Crippen LogP contribution in [0, 0.1) is 6.92 Å². The number of carbonyl (C=O) groups excluding carboxylic acids is 1. The molecule has 5 nitrogen and oxygen atoms in total. The summed E-state index contributed by atoms with van der Waals surface area (Å²) in [4.78, 5) is 14.7. The number of amides is 1. The number of carbonyl (C=O) groups is 1. The van der Waals surface area contributed by atoms with Crippen molar-refractivity contribution in [3.63, 3.8) is 0 Å². The molecule has 0 bridgehead atoms. The average Bonchev–Trinajstić information content (AvgIpc) is 3.05. The maximum Gasteiger partial charge on any atom is 0.251 e. The number of nitrogen functional groups attached to an aromatic ring is 1. The van der Waals surface area contributed by atoms with Gasteiger partial charge in [-0.3, -0.25) is 4.79 Å². The normalized spacial score (nSPS) is 16.8. The van der Waals surface area contributed by atoms with Crippen LogP contribution in [0.5, 0.6) is 5.75 Å². The van der Waals surface area contributed by atoms with Gasteiger partial charge in [-0.25, -0.2) is 0 Å². The van der Waals surface area contributed by atoms with E-state index in [4.69, 9.17) is 22.1 Å². The quantitative estimate of drug-likeness (QED) is 0.822. The van der Waals surface area contributed by atoms with Crippen LogP contribution in [0.15, 0.2) is 36.4 Å². The fourth-order valence-corrected chi connectivity index (χ4v) is 3.32. The molecule has 1 heterocycles. The Morgan fingerprint density at radius 3 is 2.88 bits per heavy atom. The highest BCUT2D eigenvalue weighted by atomic mass is 35.5. The summed E-state index contributed by atoms with van der Waals surface area (Å²) in [5.41, 5.74) is 8.88. The largest absolute Gasteiger partial charge is 0.495 e. The maximum absolute atomic E-state index is 12.6. The van der Waals surface area contributed by atoms with E-state index in [1.165, 1.54) is 0 Å². The molecule has 1 amide bonds. The Morgan fingerprint density at radius 2 is 2.12 bits per heavy atom. The van der Waals surface area contributed by atoms with E-state index in [1.54, 1.807) is 19.2 Å². The summed E-state index contributed by atoms with van der Waals surface area (Å²) in [6, 6.07) is 11.0. The zero-order valence-corrected chi connectivity index (χ0v) is 15.1. The van der Waals surface area contributed by atoms with Crippen LogP contribution in [0.1, 0.15) is 22.3 Å². The Hall–Kier alpha value is -2.40. The predicted octanol–water partition coefficient (Wildman–Crippen LogP) is 3.25. The molecule has 3 rings (SSSR count). The lowest BCUT2D eigenvalue weighted by molar-refractivity contribution is 0.0940. The van der Waals surface area contributed by atoms with Gasteiger partial charge in [-0.05, 0) is 49.2 Å². The molecule has 2 aromatic carbocycles.